The normalized spacial score (nSPS) is 20.2. The molecule has 23 heavy (non-hydrogen) atoms. The molecule has 7 heteroatoms. The molecular weight excluding hydrogens is 316 g/mol. The molecule has 1 saturated heterocycles. The van der Waals surface area contributed by atoms with Crippen molar-refractivity contribution in [2.75, 3.05) is 25.9 Å². The van der Waals surface area contributed by atoms with Gasteiger partial charge in [-0.05, 0) is 39.8 Å². The Bertz CT molecular complexity index is 453. The fraction of sp³-hybridized carbons (Fsp3) is 0.750. The molecule has 0 aromatic carbocycles. The molecule has 0 amide bonds. The summed E-state index contributed by atoms with van der Waals surface area (Å²) in [5.74, 6) is 0.120. The lowest BCUT2D eigenvalue weighted by atomic mass is 9.93. The van der Waals surface area contributed by atoms with Gasteiger partial charge in [-0.3, -0.25) is 19.2 Å². The Hall–Kier alpha value is -1.05. The lowest BCUT2D eigenvalue weighted by Gasteiger charge is -2.16. The van der Waals surface area contributed by atoms with Crippen molar-refractivity contribution < 1.29 is 19.2 Å². The number of hydrogen-bond acceptors (Lipinski definition) is 7. The lowest BCUT2D eigenvalue weighted by molar-refractivity contribution is -0.121. The standard InChI is InChI=1S/C16H26N2O4S/c1-11(19)14(7-8-17-2)18-9-13(20)5-3-12-4-6-16(22)23-10-15(12)21/h12,14,17-18H,3-10H2,1-2H3/t12-,14+/m1/s1. The molecule has 1 aliphatic heterocycles. The Morgan fingerprint density at radius 1 is 1.35 bits per heavy atom. The van der Waals surface area contributed by atoms with Crippen LogP contribution in [0.3, 0.4) is 0 Å². The molecular formula is C16H26N2O4S. The van der Waals surface area contributed by atoms with Crippen LogP contribution in [0, 0.1) is 5.92 Å². The van der Waals surface area contributed by atoms with Crippen LogP contribution in [0.15, 0.2) is 0 Å². The van der Waals surface area contributed by atoms with E-state index in [0.29, 0.717) is 38.6 Å². The van der Waals surface area contributed by atoms with Gasteiger partial charge in [0, 0.05) is 18.8 Å². The Morgan fingerprint density at radius 3 is 2.74 bits per heavy atom. The second kappa shape index (κ2) is 10.7. The fourth-order valence-corrected chi connectivity index (χ4v) is 3.30. The van der Waals surface area contributed by atoms with Gasteiger partial charge in [-0.1, -0.05) is 11.8 Å². The average molecular weight is 342 g/mol. The van der Waals surface area contributed by atoms with Gasteiger partial charge in [-0.25, -0.2) is 0 Å². The predicted octanol–water partition coefficient (Wildman–Crippen LogP) is 0.731. The van der Waals surface area contributed by atoms with E-state index >= 15 is 0 Å². The van der Waals surface area contributed by atoms with Crippen LogP contribution in [0.25, 0.3) is 0 Å². The second-order valence-electron chi connectivity index (χ2n) is 5.88. The number of nitrogens with one attached hydrogen (secondary N) is 2. The van der Waals surface area contributed by atoms with Crippen molar-refractivity contribution in [1.82, 2.24) is 10.6 Å². The average Bonchev–Trinajstić information content (AvgIpc) is 2.67. The van der Waals surface area contributed by atoms with E-state index in [1.54, 1.807) is 0 Å². The third kappa shape index (κ3) is 7.85. The summed E-state index contributed by atoms with van der Waals surface area (Å²) in [6, 6.07) is -0.320. The summed E-state index contributed by atoms with van der Waals surface area (Å²) >= 11 is 1.08. The first-order valence-corrected chi connectivity index (χ1v) is 9.01. The largest absolute Gasteiger partial charge is 0.320 e. The Balaban J connectivity index is 2.33. The first-order valence-electron chi connectivity index (χ1n) is 8.02. The predicted molar refractivity (Wildman–Crippen MR) is 90.5 cm³/mol. The maximum atomic E-state index is 12.0. The molecule has 1 fully saturated rings. The minimum Gasteiger partial charge on any atom is -0.320 e. The molecule has 2 N–H and O–H groups in total. The third-order valence-corrected chi connectivity index (χ3v) is 4.97. The van der Waals surface area contributed by atoms with Crippen molar-refractivity contribution in [3.05, 3.63) is 0 Å². The molecule has 0 spiro atoms. The van der Waals surface area contributed by atoms with E-state index in [0.717, 1.165) is 11.8 Å². The smallest absolute Gasteiger partial charge is 0.189 e. The summed E-state index contributed by atoms with van der Waals surface area (Å²) in [6.07, 6.45) is 2.39. The van der Waals surface area contributed by atoms with Crippen molar-refractivity contribution in [1.29, 1.82) is 0 Å². The van der Waals surface area contributed by atoms with Crippen molar-refractivity contribution in [2.45, 2.75) is 45.1 Å². The molecule has 130 valence electrons. The zero-order chi connectivity index (χ0) is 17.2. The lowest BCUT2D eigenvalue weighted by Crippen LogP contribution is -2.40. The van der Waals surface area contributed by atoms with Crippen LogP contribution in [0.4, 0.5) is 0 Å². The van der Waals surface area contributed by atoms with Gasteiger partial charge in [-0.15, -0.1) is 0 Å². The van der Waals surface area contributed by atoms with Gasteiger partial charge in [0.1, 0.15) is 17.3 Å². The minimum atomic E-state index is -0.320. The molecule has 0 aromatic heterocycles. The summed E-state index contributed by atoms with van der Waals surface area (Å²) < 4.78 is 0. The second-order valence-corrected chi connectivity index (χ2v) is 6.91. The van der Waals surface area contributed by atoms with Crippen LogP contribution in [0.1, 0.15) is 39.0 Å². The highest BCUT2D eigenvalue weighted by molar-refractivity contribution is 8.14. The van der Waals surface area contributed by atoms with E-state index in [1.165, 1.54) is 6.92 Å². The van der Waals surface area contributed by atoms with E-state index in [4.69, 9.17) is 0 Å². The van der Waals surface area contributed by atoms with Crippen LogP contribution in [0.5, 0.6) is 0 Å². The molecule has 1 heterocycles. The summed E-state index contributed by atoms with van der Waals surface area (Å²) in [6.45, 7) is 2.35. The van der Waals surface area contributed by atoms with E-state index in [9.17, 15) is 19.2 Å². The maximum Gasteiger partial charge on any atom is 0.189 e. The van der Waals surface area contributed by atoms with Crippen molar-refractivity contribution in [2.24, 2.45) is 5.92 Å². The SMILES string of the molecule is CNCC[C@H](NCC(=O)CC[C@@H]1CCC(=O)SCC1=O)C(C)=O. The van der Waals surface area contributed by atoms with E-state index in [1.807, 2.05) is 7.05 Å². The number of carbonyl (C=O) groups is 4. The zero-order valence-corrected chi connectivity index (χ0v) is 14.7. The number of carbonyl (C=O) groups excluding carboxylic acids is 4. The number of Topliss-reactive ketones (excluding diaryl/α,β-unsaturated/α-hetero) is 3. The molecule has 2 atom stereocenters. The van der Waals surface area contributed by atoms with Crippen LogP contribution in [-0.2, 0) is 19.2 Å². The van der Waals surface area contributed by atoms with Crippen molar-refractivity contribution in [3.63, 3.8) is 0 Å². The quantitative estimate of drug-likeness (QED) is 0.604. The highest BCUT2D eigenvalue weighted by Gasteiger charge is 2.25. The van der Waals surface area contributed by atoms with Crippen LogP contribution < -0.4 is 10.6 Å². The third-order valence-electron chi connectivity index (χ3n) is 4.02. The first kappa shape index (κ1) is 20.0. The maximum absolute atomic E-state index is 12.0. The monoisotopic (exact) mass is 342 g/mol. The molecule has 0 bridgehead atoms. The Labute approximate surface area is 141 Å². The van der Waals surface area contributed by atoms with Crippen molar-refractivity contribution >= 4 is 34.2 Å². The summed E-state index contributed by atoms with van der Waals surface area (Å²) in [5, 5.41) is 6.03. The highest BCUT2D eigenvalue weighted by atomic mass is 32.2. The molecule has 1 aliphatic rings. The molecule has 0 radical (unpaired) electrons. The molecule has 0 unspecified atom stereocenters. The molecule has 0 aromatic rings. The highest BCUT2D eigenvalue weighted by Crippen LogP contribution is 2.24. The van der Waals surface area contributed by atoms with E-state index in [2.05, 4.69) is 10.6 Å². The van der Waals surface area contributed by atoms with Gasteiger partial charge in [0.15, 0.2) is 5.12 Å². The van der Waals surface area contributed by atoms with E-state index < -0.39 is 0 Å². The zero-order valence-electron chi connectivity index (χ0n) is 13.9. The van der Waals surface area contributed by atoms with Crippen LogP contribution in [-0.4, -0.2) is 54.4 Å². The number of thioether (sulfide) groups is 1. The van der Waals surface area contributed by atoms with Gasteiger partial charge in [0.2, 0.25) is 0 Å². The first-order chi connectivity index (χ1) is 10.9. The Kier molecular flexibility index (Phi) is 9.28. The molecule has 6 nitrogen and oxygen atoms in total. The summed E-state index contributed by atoms with van der Waals surface area (Å²) in [5.41, 5.74) is 0. The molecule has 0 aliphatic carbocycles. The number of hydrogen-bond donors (Lipinski definition) is 2. The number of ketones is 3. The van der Waals surface area contributed by atoms with Gasteiger partial charge in [0.05, 0.1) is 18.3 Å². The summed E-state index contributed by atoms with van der Waals surface area (Å²) in [4.78, 5) is 46.7. The van der Waals surface area contributed by atoms with E-state index in [-0.39, 0.29) is 46.7 Å². The van der Waals surface area contributed by atoms with Gasteiger partial charge in [-0.2, -0.15) is 0 Å². The molecule has 1 rings (SSSR count). The van der Waals surface area contributed by atoms with Gasteiger partial charge < -0.3 is 10.6 Å². The summed E-state index contributed by atoms with van der Waals surface area (Å²) in [7, 11) is 1.81. The van der Waals surface area contributed by atoms with Crippen LogP contribution in [0.2, 0.25) is 0 Å². The van der Waals surface area contributed by atoms with Crippen molar-refractivity contribution in [3.8, 4) is 0 Å². The Morgan fingerprint density at radius 2 is 2.09 bits per heavy atom. The minimum absolute atomic E-state index is 0.00302. The molecule has 0 saturated carbocycles. The van der Waals surface area contributed by atoms with Gasteiger partial charge >= 0.3 is 0 Å². The van der Waals surface area contributed by atoms with Crippen LogP contribution >= 0.6 is 11.8 Å². The number of rotatable bonds is 10. The fourth-order valence-electron chi connectivity index (χ4n) is 2.50. The topological polar surface area (TPSA) is 92.3 Å². The van der Waals surface area contributed by atoms with Gasteiger partial charge in [0.25, 0.3) is 0 Å².